The molecule has 3 rings (SSSR count). The molecule has 2 heterocycles. The quantitative estimate of drug-likeness (QED) is 0.664. The summed E-state index contributed by atoms with van der Waals surface area (Å²) in [6, 6.07) is 5.63. The number of hydrogen-bond donors (Lipinski definition) is 0. The Morgan fingerprint density at radius 3 is 2.82 bits per heavy atom. The van der Waals surface area contributed by atoms with Gasteiger partial charge in [-0.2, -0.15) is 0 Å². The van der Waals surface area contributed by atoms with Gasteiger partial charge in [-0.3, -0.25) is 4.40 Å². The lowest BCUT2D eigenvalue weighted by Crippen LogP contribution is -1.96. The molecule has 0 unspecified atom stereocenters. The number of aromatic nitrogens is 4. The van der Waals surface area contributed by atoms with Crippen LogP contribution >= 0.6 is 0 Å². The van der Waals surface area contributed by atoms with Gasteiger partial charge in [0.1, 0.15) is 12.1 Å². The molecular weight excluding hydrogens is 220 g/mol. The monoisotopic (exact) mass is 230 g/mol. The van der Waals surface area contributed by atoms with Crippen molar-refractivity contribution in [1.82, 2.24) is 19.6 Å². The van der Waals surface area contributed by atoms with Gasteiger partial charge >= 0.3 is 0 Å². The molecule has 0 aliphatic rings. The van der Waals surface area contributed by atoms with Crippen LogP contribution in [0, 0.1) is 0 Å². The van der Waals surface area contributed by atoms with E-state index in [0.29, 0.717) is 11.5 Å². The molecule has 17 heavy (non-hydrogen) atoms. The fourth-order valence-electron chi connectivity index (χ4n) is 1.78. The number of fused-ring (bicyclic) bond motifs is 3. The van der Waals surface area contributed by atoms with Crippen molar-refractivity contribution in [2.75, 3.05) is 14.2 Å². The molecule has 2 aromatic heterocycles. The van der Waals surface area contributed by atoms with Gasteiger partial charge in [-0.15, -0.1) is 10.2 Å². The fourth-order valence-corrected chi connectivity index (χ4v) is 1.78. The maximum atomic E-state index is 5.19. The smallest absolute Gasteiger partial charge is 0.260 e. The number of ether oxygens (including phenoxy) is 2. The third-order valence-electron chi connectivity index (χ3n) is 2.60. The van der Waals surface area contributed by atoms with Gasteiger partial charge < -0.3 is 9.47 Å². The van der Waals surface area contributed by atoms with E-state index in [2.05, 4.69) is 15.2 Å². The van der Waals surface area contributed by atoms with Gasteiger partial charge in [-0.1, -0.05) is 0 Å². The third kappa shape index (κ3) is 1.37. The highest BCUT2D eigenvalue weighted by Crippen LogP contribution is 2.24. The lowest BCUT2D eigenvalue weighted by Gasteiger charge is -2.06. The molecule has 0 fully saturated rings. The highest BCUT2D eigenvalue weighted by molar-refractivity contribution is 5.80. The highest BCUT2D eigenvalue weighted by atomic mass is 16.5. The van der Waals surface area contributed by atoms with E-state index in [1.165, 1.54) is 0 Å². The summed E-state index contributed by atoms with van der Waals surface area (Å²) in [5.74, 6) is 1.20. The van der Waals surface area contributed by atoms with E-state index in [0.717, 1.165) is 16.8 Å². The first kappa shape index (κ1) is 9.83. The zero-order valence-electron chi connectivity index (χ0n) is 9.41. The molecule has 3 aromatic rings. The molecule has 1 aromatic carbocycles. The standard InChI is InChI=1S/C11H10N4O2/c1-16-7-3-4-9-8(5-7)13-11(17-2)10-14-12-6-15(9)10/h3-6H,1-2H3. The van der Waals surface area contributed by atoms with Crippen molar-refractivity contribution in [1.29, 1.82) is 0 Å². The molecular formula is C11H10N4O2. The van der Waals surface area contributed by atoms with Crippen LogP contribution < -0.4 is 9.47 Å². The van der Waals surface area contributed by atoms with Crippen LogP contribution in [0.25, 0.3) is 16.7 Å². The number of benzene rings is 1. The zero-order chi connectivity index (χ0) is 11.8. The minimum Gasteiger partial charge on any atom is -0.497 e. The van der Waals surface area contributed by atoms with Crippen LogP contribution in [0.5, 0.6) is 11.6 Å². The van der Waals surface area contributed by atoms with Crippen LogP contribution in [-0.2, 0) is 0 Å². The van der Waals surface area contributed by atoms with Crippen molar-refractivity contribution in [3.63, 3.8) is 0 Å². The predicted octanol–water partition coefficient (Wildman–Crippen LogP) is 1.29. The first-order valence-corrected chi connectivity index (χ1v) is 5.05. The van der Waals surface area contributed by atoms with Crippen molar-refractivity contribution in [2.24, 2.45) is 0 Å². The van der Waals surface area contributed by atoms with Crippen molar-refractivity contribution >= 4 is 16.7 Å². The summed E-state index contributed by atoms with van der Waals surface area (Å²) in [7, 11) is 3.18. The number of nitrogens with zero attached hydrogens (tertiary/aromatic N) is 4. The van der Waals surface area contributed by atoms with Gasteiger partial charge in [0, 0.05) is 6.07 Å². The second-order valence-electron chi connectivity index (χ2n) is 3.50. The Morgan fingerprint density at radius 2 is 2.06 bits per heavy atom. The van der Waals surface area contributed by atoms with E-state index in [1.807, 2.05) is 22.6 Å². The first-order valence-electron chi connectivity index (χ1n) is 5.05. The summed E-state index contributed by atoms with van der Waals surface area (Å²) in [5, 5.41) is 7.84. The van der Waals surface area contributed by atoms with E-state index in [4.69, 9.17) is 9.47 Å². The molecule has 0 radical (unpaired) electrons. The van der Waals surface area contributed by atoms with Gasteiger partial charge in [0.05, 0.1) is 25.3 Å². The predicted molar refractivity (Wildman–Crippen MR) is 61.4 cm³/mol. The van der Waals surface area contributed by atoms with Gasteiger partial charge in [-0.25, -0.2) is 4.98 Å². The van der Waals surface area contributed by atoms with Crippen molar-refractivity contribution in [3.05, 3.63) is 24.5 Å². The summed E-state index contributed by atoms with van der Waals surface area (Å²) < 4.78 is 12.2. The minimum absolute atomic E-state index is 0.447. The van der Waals surface area contributed by atoms with Gasteiger partial charge in [0.2, 0.25) is 5.65 Å². The van der Waals surface area contributed by atoms with Crippen LogP contribution in [0.2, 0.25) is 0 Å². The van der Waals surface area contributed by atoms with Crippen LogP contribution in [0.3, 0.4) is 0 Å². The Labute approximate surface area is 96.8 Å². The van der Waals surface area contributed by atoms with Crippen molar-refractivity contribution < 1.29 is 9.47 Å². The molecule has 86 valence electrons. The molecule has 0 saturated heterocycles. The average Bonchev–Trinajstić information content (AvgIpc) is 2.86. The Kier molecular flexibility index (Phi) is 2.07. The summed E-state index contributed by atoms with van der Waals surface area (Å²) in [4.78, 5) is 4.38. The molecule has 0 aliphatic heterocycles. The summed E-state index contributed by atoms with van der Waals surface area (Å²) in [6.07, 6.45) is 1.63. The van der Waals surface area contributed by atoms with Crippen LogP contribution in [0.4, 0.5) is 0 Å². The van der Waals surface area contributed by atoms with Crippen molar-refractivity contribution in [2.45, 2.75) is 0 Å². The Balaban J connectivity index is 2.44. The SMILES string of the molecule is COc1ccc2c(c1)nc(OC)c1nncn12. The van der Waals surface area contributed by atoms with Gasteiger partial charge in [0.15, 0.2) is 0 Å². The normalized spacial score (nSPS) is 10.9. The van der Waals surface area contributed by atoms with E-state index in [9.17, 15) is 0 Å². The van der Waals surface area contributed by atoms with Crippen molar-refractivity contribution in [3.8, 4) is 11.6 Å². The summed E-state index contributed by atoms with van der Waals surface area (Å²) in [6.45, 7) is 0. The van der Waals surface area contributed by atoms with E-state index < -0.39 is 0 Å². The summed E-state index contributed by atoms with van der Waals surface area (Å²) in [5.41, 5.74) is 2.28. The molecule has 0 bridgehead atoms. The molecule has 6 nitrogen and oxygen atoms in total. The molecule has 0 amide bonds. The number of rotatable bonds is 2. The number of methoxy groups -OCH3 is 2. The van der Waals surface area contributed by atoms with Crippen LogP contribution in [0.15, 0.2) is 24.5 Å². The minimum atomic E-state index is 0.447. The third-order valence-corrected chi connectivity index (χ3v) is 2.60. The van der Waals surface area contributed by atoms with Gasteiger partial charge in [-0.05, 0) is 12.1 Å². The van der Waals surface area contributed by atoms with Crippen LogP contribution in [0.1, 0.15) is 0 Å². The van der Waals surface area contributed by atoms with E-state index >= 15 is 0 Å². The van der Waals surface area contributed by atoms with Gasteiger partial charge in [0.25, 0.3) is 5.88 Å². The lowest BCUT2D eigenvalue weighted by molar-refractivity contribution is 0.401. The molecule has 0 atom stereocenters. The second-order valence-corrected chi connectivity index (χ2v) is 3.50. The van der Waals surface area contributed by atoms with E-state index in [1.54, 1.807) is 20.5 Å². The molecule has 0 N–H and O–H groups in total. The second kappa shape index (κ2) is 3.58. The maximum Gasteiger partial charge on any atom is 0.260 e. The largest absolute Gasteiger partial charge is 0.497 e. The van der Waals surface area contributed by atoms with E-state index in [-0.39, 0.29) is 0 Å². The topological polar surface area (TPSA) is 61.5 Å². The first-order chi connectivity index (χ1) is 8.33. The summed E-state index contributed by atoms with van der Waals surface area (Å²) >= 11 is 0. The fraction of sp³-hybridized carbons (Fsp3) is 0.182. The lowest BCUT2D eigenvalue weighted by atomic mass is 10.3. The van der Waals surface area contributed by atoms with Crippen LogP contribution in [-0.4, -0.2) is 33.8 Å². The Bertz CT molecular complexity index is 692. The molecule has 0 saturated carbocycles. The Hall–Kier alpha value is -2.37. The maximum absolute atomic E-state index is 5.19. The molecule has 0 spiro atoms. The molecule has 6 heteroatoms. The Morgan fingerprint density at radius 1 is 1.18 bits per heavy atom. The highest BCUT2D eigenvalue weighted by Gasteiger charge is 2.10. The average molecular weight is 230 g/mol. The zero-order valence-corrected chi connectivity index (χ0v) is 9.41. The molecule has 0 aliphatic carbocycles. The number of hydrogen-bond acceptors (Lipinski definition) is 5.